The second kappa shape index (κ2) is 5.18. The van der Waals surface area contributed by atoms with Crippen LogP contribution in [0.1, 0.15) is 22.7 Å². The van der Waals surface area contributed by atoms with E-state index >= 15 is 0 Å². The average molecular weight is 316 g/mol. The van der Waals surface area contributed by atoms with E-state index in [1.165, 1.54) is 11.1 Å². The number of hydrogen-bond donors (Lipinski definition) is 2. The molecule has 0 saturated carbocycles. The van der Waals surface area contributed by atoms with E-state index in [1.54, 1.807) is 6.07 Å². The van der Waals surface area contributed by atoms with Gasteiger partial charge in [0, 0.05) is 30.6 Å². The molecule has 2 aromatic rings. The fraction of sp³-hybridized carbons (Fsp3) is 0.333. The topological polar surface area (TPSA) is 43.7 Å². The maximum atomic E-state index is 10.3. The van der Waals surface area contributed by atoms with E-state index in [1.807, 2.05) is 18.2 Å². The summed E-state index contributed by atoms with van der Waals surface area (Å²) >= 11 is 5.97. The summed E-state index contributed by atoms with van der Waals surface area (Å²) in [6, 6.07) is 10.1. The summed E-state index contributed by atoms with van der Waals surface area (Å²) in [5.41, 5.74) is 5.58. The van der Waals surface area contributed by atoms with Crippen LogP contribution in [-0.4, -0.2) is 34.1 Å². The Bertz CT molecular complexity index is 744. The number of halogens is 1. The highest BCUT2D eigenvalue weighted by Gasteiger charge is 2.35. The van der Waals surface area contributed by atoms with Crippen LogP contribution in [0.15, 0.2) is 30.3 Å². The van der Waals surface area contributed by atoms with Crippen molar-refractivity contribution in [3.8, 4) is 22.6 Å². The lowest BCUT2D eigenvalue weighted by atomic mass is 9.77. The molecule has 1 aliphatic heterocycles. The van der Waals surface area contributed by atoms with Crippen molar-refractivity contribution in [3.63, 3.8) is 0 Å². The molecule has 0 aromatic heterocycles. The molecule has 0 amide bonds. The van der Waals surface area contributed by atoms with E-state index in [-0.39, 0.29) is 11.5 Å². The zero-order valence-corrected chi connectivity index (χ0v) is 13.0. The molecule has 0 saturated heterocycles. The summed E-state index contributed by atoms with van der Waals surface area (Å²) in [6.07, 6.45) is 1.86. The van der Waals surface area contributed by atoms with E-state index in [4.69, 9.17) is 11.6 Å². The molecule has 0 bridgehead atoms. The molecule has 0 spiro atoms. The maximum absolute atomic E-state index is 10.3. The van der Waals surface area contributed by atoms with Gasteiger partial charge in [0.1, 0.15) is 0 Å². The molecule has 1 heterocycles. The maximum Gasteiger partial charge on any atom is 0.165 e. The van der Waals surface area contributed by atoms with Crippen molar-refractivity contribution in [3.05, 3.63) is 47.0 Å². The number of phenols is 2. The highest BCUT2D eigenvalue weighted by Crippen LogP contribution is 2.50. The van der Waals surface area contributed by atoms with Crippen molar-refractivity contribution >= 4 is 11.6 Å². The third-order valence-corrected chi connectivity index (χ3v) is 5.11. The van der Waals surface area contributed by atoms with Gasteiger partial charge in [-0.1, -0.05) is 24.3 Å². The van der Waals surface area contributed by atoms with Crippen molar-refractivity contribution in [1.29, 1.82) is 0 Å². The van der Waals surface area contributed by atoms with Gasteiger partial charge in [-0.15, -0.1) is 11.6 Å². The number of hydrogen-bond acceptors (Lipinski definition) is 3. The van der Waals surface area contributed by atoms with Crippen LogP contribution in [0, 0.1) is 0 Å². The Morgan fingerprint density at radius 1 is 1.14 bits per heavy atom. The van der Waals surface area contributed by atoms with Gasteiger partial charge in [-0.3, -0.25) is 4.90 Å². The molecule has 4 rings (SSSR count). The molecule has 2 N–H and O–H groups in total. The van der Waals surface area contributed by atoms with Gasteiger partial charge in [-0.25, -0.2) is 0 Å². The SMILES string of the molecule is Oc1ccc2c(c1O)-c1cccc3c1C(C2)N(CCCl)CC3. The van der Waals surface area contributed by atoms with E-state index < -0.39 is 0 Å². The monoisotopic (exact) mass is 315 g/mol. The number of nitrogens with zero attached hydrogens (tertiary/aromatic N) is 1. The normalized spacial score (nSPS) is 19.6. The van der Waals surface area contributed by atoms with Gasteiger partial charge in [-0.05, 0) is 41.2 Å². The van der Waals surface area contributed by atoms with Gasteiger partial charge in [0.05, 0.1) is 0 Å². The highest BCUT2D eigenvalue weighted by molar-refractivity contribution is 6.18. The summed E-state index contributed by atoms with van der Waals surface area (Å²) in [5.74, 6) is 0.573. The third kappa shape index (κ3) is 1.93. The lowest BCUT2D eigenvalue weighted by Crippen LogP contribution is -2.39. The molecular weight excluding hydrogens is 298 g/mol. The number of alkyl halides is 1. The first kappa shape index (κ1) is 13.9. The number of fused-ring (bicyclic) bond motifs is 2. The zero-order valence-electron chi connectivity index (χ0n) is 12.2. The van der Waals surface area contributed by atoms with Crippen LogP contribution in [0.5, 0.6) is 11.5 Å². The average Bonchev–Trinajstić information content (AvgIpc) is 2.53. The van der Waals surface area contributed by atoms with Gasteiger partial charge in [-0.2, -0.15) is 0 Å². The molecule has 22 heavy (non-hydrogen) atoms. The van der Waals surface area contributed by atoms with Crippen LogP contribution in [-0.2, 0) is 12.8 Å². The van der Waals surface area contributed by atoms with Crippen LogP contribution < -0.4 is 0 Å². The largest absolute Gasteiger partial charge is 0.504 e. The van der Waals surface area contributed by atoms with Crippen molar-refractivity contribution in [1.82, 2.24) is 4.90 Å². The van der Waals surface area contributed by atoms with Crippen LogP contribution in [0.3, 0.4) is 0 Å². The van der Waals surface area contributed by atoms with E-state index in [9.17, 15) is 10.2 Å². The van der Waals surface area contributed by atoms with Crippen LogP contribution in [0.25, 0.3) is 11.1 Å². The van der Waals surface area contributed by atoms with Crippen LogP contribution >= 0.6 is 11.6 Å². The predicted octanol–water partition coefficient (Wildman–Crippen LogP) is 3.46. The lowest BCUT2D eigenvalue weighted by Gasteiger charge is -2.41. The quantitative estimate of drug-likeness (QED) is 0.659. The third-order valence-electron chi connectivity index (χ3n) is 4.94. The van der Waals surface area contributed by atoms with Crippen molar-refractivity contribution < 1.29 is 10.2 Å². The predicted molar refractivity (Wildman–Crippen MR) is 87.6 cm³/mol. The Kier molecular flexibility index (Phi) is 3.28. The van der Waals surface area contributed by atoms with E-state index in [0.29, 0.717) is 11.9 Å². The summed E-state index contributed by atoms with van der Waals surface area (Å²) in [4.78, 5) is 2.44. The Morgan fingerprint density at radius 3 is 2.82 bits per heavy atom. The molecule has 2 aliphatic rings. The van der Waals surface area contributed by atoms with E-state index in [2.05, 4.69) is 11.0 Å². The minimum Gasteiger partial charge on any atom is -0.504 e. The Balaban J connectivity index is 1.95. The number of aromatic hydroxyl groups is 2. The van der Waals surface area contributed by atoms with Gasteiger partial charge in [0.2, 0.25) is 0 Å². The standard InChI is InChI=1S/C18H18ClNO2/c19-7-9-20-8-6-11-2-1-3-13-16(11)14(20)10-12-4-5-15(21)18(22)17(12)13/h1-5,14,21-22H,6-10H2. The summed E-state index contributed by atoms with van der Waals surface area (Å²) in [6.45, 7) is 1.90. The molecule has 114 valence electrons. The second-order valence-corrected chi connectivity index (χ2v) is 6.42. The number of phenolic OH excluding ortho intramolecular Hbond substituents is 2. The van der Waals surface area contributed by atoms with Crippen LogP contribution in [0.2, 0.25) is 0 Å². The second-order valence-electron chi connectivity index (χ2n) is 6.04. The molecule has 1 aliphatic carbocycles. The van der Waals surface area contributed by atoms with Gasteiger partial charge >= 0.3 is 0 Å². The Hall–Kier alpha value is -1.71. The fourth-order valence-electron chi connectivity index (χ4n) is 3.95. The first-order chi connectivity index (χ1) is 10.7. The Labute approximate surface area is 134 Å². The molecule has 4 heteroatoms. The fourth-order valence-corrected chi connectivity index (χ4v) is 4.17. The first-order valence-electron chi connectivity index (χ1n) is 7.66. The summed E-state index contributed by atoms with van der Waals surface area (Å²) in [7, 11) is 0. The smallest absolute Gasteiger partial charge is 0.165 e. The minimum atomic E-state index is -0.0526. The highest BCUT2D eigenvalue weighted by atomic mass is 35.5. The molecule has 1 atom stereocenters. The van der Waals surface area contributed by atoms with Gasteiger partial charge < -0.3 is 10.2 Å². The number of rotatable bonds is 2. The number of benzene rings is 2. The molecule has 0 radical (unpaired) electrons. The molecular formula is C18H18ClNO2. The summed E-state index contributed by atoms with van der Waals surface area (Å²) < 4.78 is 0. The zero-order chi connectivity index (χ0) is 15.3. The molecule has 0 fully saturated rings. The molecule has 3 nitrogen and oxygen atoms in total. The first-order valence-corrected chi connectivity index (χ1v) is 8.20. The van der Waals surface area contributed by atoms with E-state index in [0.717, 1.165) is 42.6 Å². The minimum absolute atomic E-state index is 0.00110. The van der Waals surface area contributed by atoms with Gasteiger partial charge in [0.25, 0.3) is 0 Å². The van der Waals surface area contributed by atoms with Crippen molar-refractivity contribution in [2.24, 2.45) is 0 Å². The Morgan fingerprint density at radius 2 is 2.00 bits per heavy atom. The van der Waals surface area contributed by atoms with Crippen LogP contribution in [0.4, 0.5) is 0 Å². The molecule has 2 aromatic carbocycles. The lowest BCUT2D eigenvalue weighted by molar-refractivity contribution is 0.194. The molecule has 1 unspecified atom stereocenters. The van der Waals surface area contributed by atoms with Crippen molar-refractivity contribution in [2.75, 3.05) is 19.0 Å². The van der Waals surface area contributed by atoms with Crippen molar-refractivity contribution in [2.45, 2.75) is 18.9 Å². The summed E-state index contributed by atoms with van der Waals surface area (Å²) in [5, 5.41) is 20.2. The van der Waals surface area contributed by atoms with Gasteiger partial charge in [0.15, 0.2) is 11.5 Å².